The molecular formula is C27H29Cl3N4O. The third-order valence-corrected chi connectivity index (χ3v) is 7.60. The molecule has 1 aliphatic heterocycles. The van der Waals surface area contributed by atoms with E-state index in [1.54, 1.807) is 18.2 Å². The molecule has 0 spiro atoms. The highest BCUT2D eigenvalue weighted by Gasteiger charge is 2.28. The molecule has 35 heavy (non-hydrogen) atoms. The number of carbonyl (C=O) groups excluding carboxylic acids is 1. The highest BCUT2D eigenvalue weighted by molar-refractivity contribution is 6.36. The van der Waals surface area contributed by atoms with Crippen LogP contribution in [0.2, 0.25) is 15.1 Å². The Labute approximate surface area is 221 Å². The first-order chi connectivity index (χ1) is 16.7. The molecule has 0 aliphatic carbocycles. The van der Waals surface area contributed by atoms with Crippen molar-refractivity contribution in [2.75, 3.05) is 33.2 Å². The van der Waals surface area contributed by atoms with Crippen LogP contribution in [0.1, 0.15) is 34.7 Å². The van der Waals surface area contributed by atoms with Gasteiger partial charge in [0.05, 0.1) is 11.4 Å². The van der Waals surface area contributed by atoms with E-state index in [-0.39, 0.29) is 0 Å². The van der Waals surface area contributed by atoms with Crippen LogP contribution >= 0.6 is 34.8 Å². The second-order valence-electron chi connectivity index (χ2n) is 9.10. The van der Waals surface area contributed by atoms with Gasteiger partial charge in [-0.2, -0.15) is 0 Å². The lowest BCUT2D eigenvalue weighted by Gasteiger charge is -2.23. The lowest BCUT2D eigenvalue weighted by molar-refractivity contribution is -0.118. The number of hydrogen-bond donors (Lipinski definition) is 1. The number of nitrogens with zero attached hydrogens (tertiary/aromatic N) is 3. The summed E-state index contributed by atoms with van der Waals surface area (Å²) in [5, 5.41) is 1.42. The van der Waals surface area contributed by atoms with Gasteiger partial charge in [0.2, 0.25) is 5.91 Å². The number of likely N-dealkylation sites (N-methyl/N-ethyl adjacent to an activating group) is 1. The normalized spacial score (nSPS) is 16.1. The summed E-state index contributed by atoms with van der Waals surface area (Å²) in [6.45, 7) is 6.76. The molecule has 3 aromatic rings. The molecule has 2 aromatic carbocycles. The minimum atomic E-state index is -0.885. The zero-order valence-corrected chi connectivity index (χ0v) is 22.2. The number of primary amides is 1. The van der Waals surface area contributed by atoms with Crippen molar-refractivity contribution >= 4 is 40.7 Å². The maximum atomic E-state index is 12.8. The van der Waals surface area contributed by atoms with Gasteiger partial charge in [-0.05, 0) is 74.9 Å². The molecule has 0 bridgehead atoms. The molecule has 1 atom stereocenters. The molecule has 2 heterocycles. The molecule has 1 unspecified atom stereocenters. The minimum Gasteiger partial charge on any atom is -0.369 e. The summed E-state index contributed by atoms with van der Waals surface area (Å²) < 4.78 is 0. The lowest BCUT2D eigenvalue weighted by atomic mass is 9.92. The molecule has 8 heteroatoms. The van der Waals surface area contributed by atoms with E-state index in [4.69, 9.17) is 45.5 Å². The quantitative estimate of drug-likeness (QED) is 0.438. The summed E-state index contributed by atoms with van der Waals surface area (Å²) in [7, 11) is 2.15. The first kappa shape index (κ1) is 25.9. The van der Waals surface area contributed by atoms with Crippen molar-refractivity contribution in [1.29, 1.82) is 0 Å². The van der Waals surface area contributed by atoms with Crippen LogP contribution in [0.5, 0.6) is 0 Å². The van der Waals surface area contributed by atoms with E-state index < -0.39 is 11.8 Å². The number of nitrogens with two attached hydrogens (primary N) is 1. The highest BCUT2D eigenvalue weighted by atomic mass is 35.5. The van der Waals surface area contributed by atoms with Crippen molar-refractivity contribution in [3.63, 3.8) is 0 Å². The molecule has 184 valence electrons. The largest absolute Gasteiger partial charge is 0.369 e. The average Bonchev–Trinajstić information content (AvgIpc) is 3.01. The summed E-state index contributed by atoms with van der Waals surface area (Å²) >= 11 is 19.4. The third-order valence-electron chi connectivity index (χ3n) is 6.54. The first-order valence-electron chi connectivity index (χ1n) is 11.6. The van der Waals surface area contributed by atoms with Crippen molar-refractivity contribution in [2.24, 2.45) is 5.73 Å². The monoisotopic (exact) mass is 530 g/mol. The molecule has 1 amide bonds. The Hall–Kier alpha value is -2.15. The van der Waals surface area contributed by atoms with E-state index in [9.17, 15) is 4.79 Å². The molecule has 5 nitrogen and oxygen atoms in total. The Morgan fingerprint density at radius 3 is 2.40 bits per heavy atom. The highest BCUT2D eigenvalue weighted by Crippen LogP contribution is 2.37. The van der Waals surface area contributed by atoms with E-state index in [2.05, 4.69) is 22.9 Å². The molecular weight excluding hydrogens is 503 g/mol. The van der Waals surface area contributed by atoms with Crippen LogP contribution in [-0.2, 0) is 11.3 Å². The van der Waals surface area contributed by atoms with E-state index in [1.807, 2.05) is 31.2 Å². The van der Waals surface area contributed by atoms with E-state index in [0.29, 0.717) is 26.3 Å². The van der Waals surface area contributed by atoms with Gasteiger partial charge in [0.15, 0.2) is 0 Å². The van der Waals surface area contributed by atoms with Crippen LogP contribution < -0.4 is 5.73 Å². The molecule has 1 fully saturated rings. The SMILES string of the molecule is Cc1c(Cl)cccc1-c1cc(CN2CCCN(C)CC2)cc(C(C(N)=O)c2c(Cl)cccc2Cl)n1. The van der Waals surface area contributed by atoms with Crippen molar-refractivity contribution < 1.29 is 4.79 Å². The van der Waals surface area contributed by atoms with Crippen LogP contribution in [0.4, 0.5) is 0 Å². The Balaban J connectivity index is 1.84. The zero-order chi connectivity index (χ0) is 25.1. The van der Waals surface area contributed by atoms with Gasteiger partial charge >= 0.3 is 0 Å². The second kappa shape index (κ2) is 11.3. The van der Waals surface area contributed by atoms with Crippen molar-refractivity contribution in [2.45, 2.75) is 25.8 Å². The fourth-order valence-corrected chi connectivity index (χ4v) is 5.40. The van der Waals surface area contributed by atoms with Crippen molar-refractivity contribution in [1.82, 2.24) is 14.8 Å². The average molecular weight is 532 g/mol. The Bertz CT molecular complexity index is 1210. The molecule has 1 aromatic heterocycles. The standard InChI is InChI=1S/C27H29Cl3N4O/c1-17-19(6-3-7-20(17)28)23-14-18(16-34-11-5-10-33(2)12-13-34)15-24(32-23)26(27(31)35)25-21(29)8-4-9-22(25)30/h3-4,6-9,14-15,26H,5,10-13,16H2,1-2H3,(H2,31,35). The van der Waals surface area contributed by atoms with E-state index >= 15 is 0 Å². The number of hydrogen-bond acceptors (Lipinski definition) is 4. The number of rotatable bonds is 6. The van der Waals surface area contributed by atoms with Crippen LogP contribution in [0.3, 0.4) is 0 Å². The van der Waals surface area contributed by atoms with Crippen molar-refractivity contribution in [3.8, 4) is 11.3 Å². The fourth-order valence-electron chi connectivity index (χ4n) is 4.61. The second-order valence-corrected chi connectivity index (χ2v) is 10.3. The predicted octanol–water partition coefficient (Wildman–Crippen LogP) is 5.77. The minimum absolute atomic E-state index is 0.379. The third kappa shape index (κ3) is 5.99. The smallest absolute Gasteiger partial charge is 0.231 e. The molecule has 0 radical (unpaired) electrons. The van der Waals surface area contributed by atoms with Crippen LogP contribution in [-0.4, -0.2) is 53.9 Å². The van der Waals surface area contributed by atoms with Gasteiger partial charge in [0.25, 0.3) is 0 Å². The first-order valence-corrected chi connectivity index (χ1v) is 12.8. The topological polar surface area (TPSA) is 62.5 Å². The van der Waals surface area contributed by atoms with Crippen LogP contribution in [0.15, 0.2) is 48.5 Å². The number of halogens is 3. The number of aromatic nitrogens is 1. The van der Waals surface area contributed by atoms with E-state index in [1.165, 1.54) is 0 Å². The maximum absolute atomic E-state index is 12.8. The van der Waals surface area contributed by atoms with Gasteiger partial charge < -0.3 is 10.6 Å². The summed E-state index contributed by atoms with van der Waals surface area (Å²) in [5.41, 5.74) is 10.5. The fraction of sp³-hybridized carbons (Fsp3) is 0.333. The number of benzene rings is 2. The Kier molecular flexibility index (Phi) is 8.35. The molecule has 1 aliphatic rings. The molecule has 0 saturated carbocycles. The molecule has 1 saturated heterocycles. The Morgan fingerprint density at radius 2 is 1.69 bits per heavy atom. The lowest BCUT2D eigenvalue weighted by Crippen LogP contribution is -2.29. The van der Waals surface area contributed by atoms with Gasteiger partial charge in [-0.1, -0.05) is 53.0 Å². The molecule has 4 rings (SSSR count). The zero-order valence-electron chi connectivity index (χ0n) is 19.9. The van der Waals surface area contributed by atoms with Gasteiger partial charge in [-0.15, -0.1) is 0 Å². The summed E-state index contributed by atoms with van der Waals surface area (Å²) in [6.07, 6.45) is 1.11. The Morgan fingerprint density at radius 1 is 1.00 bits per heavy atom. The van der Waals surface area contributed by atoms with Crippen LogP contribution in [0.25, 0.3) is 11.3 Å². The van der Waals surface area contributed by atoms with Gasteiger partial charge in [0, 0.05) is 45.8 Å². The summed E-state index contributed by atoms with van der Waals surface area (Å²) in [4.78, 5) is 22.5. The number of pyridine rings is 1. The van der Waals surface area contributed by atoms with Crippen molar-refractivity contribution in [3.05, 3.63) is 86.0 Å². The predicted molar refractivity (Wildman–Crippen MR) is 144 cm³/mol. The van der Waals surface area contributed by atoms with Gasteiger partial charge in [0.1, 0.15) is 5.92 Å². The van der Waals surface area contributed by atoms with Gasteiger partial charge in [-0.25, -0.2) is 0 Å². The maximum Gasteiger partial charge on any atom is 0.231 e. The summed E-state index contributed by atoms with van der Waals surface area (Å²) in [5.74, 6) is -1.44. The van der Waals surface area contributed by atoms with E-state index in [0.717, 1.165) is 61.5 Å². The van der Waals surface area contributed by atoms with Gasteiger partial charge in [-0.3, -0.25) is 14.7 Å². The number of carbonyl (C=O) groups is 1. The van der Waals surface area contributed by atoms with Crippen LogP contribution in [0, 0.1) is 6.92 Å². The number of amides is 1. The summed E-state index contributed by atoms with van der Waals surface area (Å²) in [6, 6.07) is 14.9. The molecule has 2 N–H and O–H groups in total.